The number of carbonyl (C=O) groups is 1. The molecule has 1 aromatic heterocycles. The average molecular weight is 309 g/mol. The van der Waals surface area contributed by atoms with Gasteiger partial charge in [0.05, 0.1) is 28.5 Å². The molecule has 0 radical (unpaired) electrons. The number of halogens is 1. The molecule has 4 nitrogen and oxygen atoms in total. The third-order valence-electron chi connectivity index (χ3n) is 3.18. The van der Waals surface area contributed by atoms with Gasteiger partial charge in [0.25, 0.3) is 5.91 Å². The zero-order valence-corrected chi connectivity index (χ0v) is 12.7. The minimum Gasteiger partial charge on any atom is -0.485 e. The van der Waals surface area contributed by atoms with Crippen molar-refractivity contribution in [1.29, 1.82) is 0 Å². The van der Waals surface area contributed by atoms with Crippen LogP contribution >= 0.6 is 22.9 Å². The monoisotopic (exact) mass is 308 g/mol. The zero-order chi connectivity index (χ0) is 14.3. The zero-order valence-electron chi connectivity index (χ0n) is 11.1. The van der Waals surface area contributed by atoms with Gasteiger partial charge in [0, 0.05) is 0 Å². The number of amides is 1. The van der Waals surface area contributed by atoms with Crippen LogP contribution in [0.25, 0.3) is 0 Å². The summed E-state index contributed by atoms with van der Waals surface area (Å²) >= 11 is 7.52. The number of para-hydroxylation sites is 1. The Morgan fingerprint density at radius 1 is 1.55 bits per heavy atom. The Morgan fingerprint density at radius 2 is 2.35 bits per heavy atom. The first kappa shape index (κ1) is 13.4. The standard InChI is InChI=1S/C14H13ClN2O2S/c1-8-6-17(14(18)13-9(2)16-7-20-13)11-5-3-4-10(15)12(11)19-8/h3-5,7-8H,6H2,1-2H3/t8-/m1/s1. The molecular weight excluding hydrogens is 296 g/mol. The van der Waals surface area contributed by atoms with Gasteiger partial charge >= 0.3 is 0 Å². The highest BCUT2D eigenvalue weighted by atomic mass is 35.5. The molecule has 0 N–H and O–H groups in total. The van der Waals surface area contributed by atoms with Crippen LogP contribution < -0.4 is 9.64 Å². The number of rotatable bonds is 1. The Bertz CT molecular complexity index is 671. The number of nitrogens with zero attached hydrogens (tertiary/aromatic N) is 2. The van der Waals surface area contributed by atoms with Crippen molar-refractivity contribution in [1.82, 2.24) is 4.98 Å². The summed E-state index contributed by atoms with van der Waals surface area (Å²) in [5.74, 6) is 0.520. The molecule has 1 aliphatic heterocycles. The summed E-state index contributed by atoms with van der Waals surface area (Å²) in [6.07, 6.45) is -0.0976. The van der Waals surface area contributed by atoms with Crippen molar-refractivity contribution < 1.29 is 9.53 Å². The third kappa shape index (κ3) is 2.17. The molecule has 1 atom stereocenters. The van der Waals surface area contributed by atoms with Gasteiger partial charge in [0.1, 0.15) is 11.0 Å². The molecule has 1 aromatic carbocycles. The Hall–Kier alpha value is -1.59. The van der Waals surface area contributed by atoms with Crippen molar-refractivity contribution in [3.05, 3.63) is 39.3 Å². The maximum atomic E-state index is 12.7. The summed E-state index contributed by atoms with van der Waals surface area (Å²) < 4.78 is 5.75. The average Bonchev–Trinajstić information content (AvgIpc) is 2.84. The Kier molecular flexibility index (Phi) is 3.40. The number of hydrogen-bond acceptors (Lipinski definition) is 4. The van der Waals surface area contributed by atoms with E-state index < -0.39 is 0 Å². The van der Waals surface area contributed by atoms with Gasteiger partial charge in [0.2, 0.25) is 0 Å². The molecule has 1 aliphatic rings. The molecule has 6 heteroatoms. The smallest absolute Gasteiger partial charge is 0.270 e. The highest BCUT2D eigenvalue weighted by Gasteiger charge is 2.31. The van der Waals surface area contributed by atoms with E-state index in [1.807, 2.05) is 26.0 Å². The topological polar surface area (TPSA) is 42.4 Å². The summed E-state index contributed by atoms with van der Waals surface area (Å²) in [7, 11) is 0. The molecule has 0 unspecified atom stereocenters. The molecule has 0 bridgehead atoms. The van der Waals surface area contributed by atoms with Crippen LogP contribution in [0.5, 0.6) is 5.75 Å². The lowest BCUT2D eigenvalue weighted by atomic mass is 10.2. The number of hydrogen-bond donors (Lipinski definition) is 0. The minimum atomic E-state index is -0.0976. The third-order valence-corrected chi connectivity index (χ3v) is 4.39. The highest BCUT2D eigenvalue weighted by Crippen LogP contribution is 2.40. The lowest BCUT2D eigenvalue weighted by Gasteiger charge is -2.33. The van der Waals surface area contributed by atoms with E-state index in [-0.39, 0.29) is 12.0 Å². The predicted octanol–water partition coefficient (Wildman–Crippen LogP) is 3.53. The van der Waals surface area contributed by atoms with Crippen LogP contribution in [-0.2, 0) is 0 Å². The Morgan fingerprint density at radius 3 is 3.05 bits per heavy atom. The van der Waals surface area contributed by atoms with E-state index >= 15 is 0 Å². The fourth-order valence-electron chi connectivity index (χ4n) is 2.24. The van der Waals surface area contributed by atoms with Crippen LogP contribution in [0, 0.1) is 6.92 Å². The van der Waals surface area contributed by atoms with Gasteiger partial charge in [-0.25, -0.2) is 4.98 Å². The molecule has 20 heavy (non-hydrogen) atoms. The van der Waals surface area contributed by atoms with Crippen LogP contribution in [0.3, 0.4) is 0 Å². The number of anilines is 1. The number of carbonyl (C=O) groups excluding carboxylic acids is 1. The number of aryl methyl sites for hydroxylation is 1. The van der Waals surface area contributed by atoms with Crippen molar-refractivity contribution in [2.45, 2.75) is 20.0 Å². The first-order chi connectivity index (χ1) is 9.58. The quantitative estimate of drug-likeness (QED) is 0.809. The van der Waals surface area contributed by atoms with Crippen molar-refractivity contribution in [3.8, 4) is 5.75 Å². The van der Waals surface area contributed by atoms with Crippen LogP contribution in [0.2, 0.25) is 5.02 Å². The van der Waals surface area contributed by atoms with E-state index in [1.165, 1.54) is 11.3 Å². The van der Waals surface area contributed by atoms with Gasteiger partial charge in [-0.3, -0.25) is 4.79 Å². The normalized spacial score (nSPS) is 17.6. The molecule has 2 aromatic rings. The Labute approximate surface area is 126 Å². The van der Waals surface area contributed by atoms with E-state index in [9.17, 15) is 4.79 Å². The molecule has 3 rings (SSSR count). The first-order valence-electron chi connectivity index (χ1n) is 6.25. The number of benzene rings is 1. The van der Waals surface area contributed by atoms with E-state index in [0.29, 0.717) is 27.9 Å². The lowest BCUT2D eigenvalue weighted by molar-refractivity contribution is 0.0964. The fourth-order valence-corrected chi connectivity index (χ4v) is 3.21. The molecule has 104 valence electrons. The van der Waals surface area contributed by atoms with E-state index in [0.717, 1.165) is 5.69 Å². The van der Waals surface area contributed by atoms with Gasteiger partial charge in [0.15, 0.2) is 5.75 Å². The van der Waals surface area contributed by atoms with E-state index in [4.69, 9.17) is 16.3 Å². The largest absolute Gasteiger partial charge is 0.485 e. The minimum absolute atomic E-state index is 0.0522. The molecule has 0 aliphatic carbocycles. The summed E-state index contributed by atoms with van der Waals surface area (Å²) in [6.45, 7) is 4.27. The number of fused-ring (bicyclic) bond motifs is 1. The van der Waals surface area contributed by atoms with Crippen molar-refractivity contribution in [3.63, 3.8) is 0 Å². The predicted molar refractivity (Wildman–Crippen MR) is 80.1 cm³/mol. The molecule has 2 heterocycles. The van der Waals surface area contributed by atoms with Crippen LogP contribution in [0.4, 0.5) is 5.69 Å². The summed E-state index contributed by atoms with van der Waals surface area (Å²) in [6, 6.07) is 5.43. The SMILES string of the molecule is Cc1ncsc1C(=O)N1C[C@@H](C)Oc2c(Cl)cccc21. The Balaban J connectivity index is 2.05. The van der Waals surface area contributed by atoms with Gasteiger partial charge < -0.3 is 9.64 Å². The lowest BCUT2D eigenvalue weighted by Crippen LogP contribution is -2.42. The van der Waals surface area contributed by atoms with Crippen LogP contribution in [0.1, 0.15) is 22.3 Å². The van der Waals surface area contributed by atoms with Gasteiger partial charge in [-0.2, -0.15) is 0 Å². The second-order valence-electron chi connectivity index (χ2n) is 4.70. The number of ether oxygens (including phenoxy) is 1. The second kappa shape index (κ2) is 5.07. The maximum Gasteiger partial charge on any atom is 0.270 e. The summed E-state index contributed by atoms with van der Waals surface area (Å²) in [4.78, 5) is 19.2. The second-order valence-corrected chi connectivity index (χ2v) is 5.96. The van der Waals surface area contributed by atoms with Crippen molar-refractivity contribution >= 4 is 34.5 Å². The van der Waals surface area contributed by atoms with Gasteiger partial charge in [-0.15, -0.1) is 11.3 Å². The van der Waals surface area contributed by atoms with E-state index in [2.05, 4.69) is 4.98 Å². The molecule has 0 saturated carbocycles. The van der Waals surface area contributed by atoms with Crippen molar-refractivity contribution in [2.24, 2.45) is 0 Å². The molecule has 1 amide bonds. The molecular formula is C14H13ClN2O2S. The highest BCUT2D eigenvalue weighted by molar-refractivity contribution is 7.12. The fraction of sp³-hybridized carbons (Fsp3) is 0.286. The van der Waals surface area contributed by atoms with Crippen LogP contribution in [-0.4, -0.2) is 23.5 Å². The molecule has 0 fully saturated rings. The van der Waals surface area contributed by atoms with Crippen LogP contribution in [0.15, 0.2) is 23.7 Å². The van der Waals surface area contributed by atoms with Gasteiger partial charge in [-0.05, 0) is 26.0 Å². The number of thiazole rings is 1. The maximum absolute atomic E-state index is 12.7. The molecule has 0 saturated heterocycles. The summed E-state index contributed by atoms with van der Waals surface area (Å²) in [5.41, 5.74) is 3.15. The van der Waals surface area contributed by atoms with E-state index in [1.54, 1.807) is 16.5 Å². The molecule has 0 spiro atoms. The first-order valence-corrected chi connectivity index (χ1v) is 7.51. The van der Waals surface area contributed by atoms with Crippen molar-refractivity contribution in [2.75, 3.05) is 11.4 Å². The summed E-state index contributed by atoms with van der Waals surface area (Å²) in [5, 5.41) is 0.521. The number of aromatic nitrogens is 1. The van der Waals surface area contributed by atoms with Gasteiger partial charge in [-0.1, -0.05) is 17.7 Å².